The number of rotatable bonds is 5. The molecule has 1 amide bonds. The Hall–Kier alpha value is -1.55. The minimum Gasteiger partial charge on any atom is -0.496 e. The third-order valence-corrected chi connectivity index (χ3v) is 2.60. The molecule has 0 bridgehead atoms. The Bertz CT molecular complexity index is 391. The lowest BCUT2D eigenvalue weighted by atomic mass is 10.1. The minimum absolute atomic E-state index is 0.142. The van der Waals surface area contributed by atoms with Crippen LogP contribution in [0.4, 0.5) is 5.69 Å². The lowest BCUT2D eigenvalue weighted by Crippen LogP contribution is -2.35. The van der Waals surface area contributed by atoms with Crippen LogP contribution in [0.5, 0.6) is 5.75 Å². The highest BCUT2D eigenvalue weighted by Gasteiger charge is 2.12. The van der Waals surface area contributed by atoms with E-state index in [1.165, 1.54) is 0 Å². The van der Waals surface area contributed by atoms with E-state index in [9.17, 15) is 4.79 Å². The zero-order valence-electron chi connectivity index (χ0n) is 10.6. The van der Waals surface area contributed by atoms with Crippen molar-refractivity contribution in [1.29, 1.82) is 0 Å². The number of hydrogen-bond donors (Lipinski definition) is 2. The predicted molar refractivity (Wildman–Crippen MR) is 69.2 cm³/mol. The second-order valence-corrected chi connectivity index (χ2v) is 4.07. The molecule has 0 aliphatic carbocycles. The van der Waals surface area contributed by atoms with Gasteiger partial charge in [-0.2, -0.15) is 0 Å². The van der Waals surface area contributed by atoms with Gasteiger partial charge in [0.1, 0.15) is 5.75 Å². The Morgan fingerprint density at radius 2 is 2.24 bits per heavy atom. The number of amides is 1. The van der Waals surface area contributed by atoms with Crippen LogP contribution in [0, 0.1) is 6.92 Å². The molecule has 0 spiro atoms. The molecule has 0 aliphatic rings. The van der Waals surface area contributed by atoms with Crippen molar-refractivity contribution < 1.29 is 9.53 Å². The molecule has 1 atom stereocenters. The van der Waals surface area contributed by atoms with Gasteiger partial charge < -0.3 is 15.8 Å². The van der Waals surface area contributed by atoms with Gasteiger partial charge in [0.15, 0.2) is 0 Å². The summed E-state index contributed by atoms with van der Waals surface area (Å²) in [5, 5.41) is 2.80. The number of carbonyl (C=O) groups excluding carboxylic acids is 1. The summed E-state index contributed by atoms with van der Waals surface area (Å²) in [6.07, 6.45) is 1.59. The van der Waals surface area contributed by atoms with Crippen molar-refractivity contribution in [2.75, 3.05) is 12.4 Å². The molecular formula is C13H20N2O2. The summed E-state index contributed by atoms with van der Waals surface area (Å²) in [7, 11) is 1.62. The minimum atomic E-state index is -0.442. The molecule has 17 heavy (non-hydrogen) atoms. The van der Waals surface area contributed by atoms with Gasteiger partial charge in [-0.05, 0) is 37.1 Å². The molecule has 3 N–H and O–H groups in total. The number of aryl methyl sites for hydroxylation is 1. The predicted octanol–water partition coefficient (Wildman–Crippen LogP) is 2.07. The maximum Gasteiger partial charge on any atom is 0.241 e. The SMILES string of the molecule is CCC[C@H](N)C(=O)Nc1ccc(OC)c(C)c1. The van der Waals surface area contributed by atoms with Gasteiger partial charge in [0, 0.05) is 5.69 Å². The Labute approximate surface area is 102 Å². The van der Waals surface area contributed by atoms with Crippen LogP contribution in [0.25, 0.3) is 0 Å². The van der Waals surface area contributed by atoms with Crippen molar-refractivity contribution in [3.05, 3.63) is 23.8 Å². The van der Waals surface area contributed by atoms with Crippen LogP contribution in [-0.2, 0) is 4.79 Å². The van der Waals surface area contributed by atoms with Crippen LogP contribution in [0.2, 0.25) is 0 Å². The first kappa shape index (κ1) is 13.5. The van der Waals surface area contributed by atoms with Gasteiger partial charge >= 0.3 is 0 Å². The number of anilines is 1. The first-order valence-corrected chi connectivity index (χ1v) is 5.79. The van der Waals surface area contributed by atoms with E-state index >= 15 is 0 Å². The molecular weight excluding hydrogens is 216 g/mol. The summed E-state index contributed by atoms with van der Waals surface area (Å²) in [5.41, 5.74) is 7.46. The van der Waals surface area contributed by atoms with E-state index in [0.717, 1.165) is 23.4 Å². The molecule has 1 rings (SSSR count). The van der Waals surface area contributed by atoms with Gasteiger partial charge in [0.25, 0.3) is 0 Å². The van der Waals surface area contributed by atoms with Gasteiger partial charge in [0.05, 0.1) is 13.2 Å². The van der Waals surface area contributed by atoms with Gasteiger partial charge in [-0.3, -0.25) is 4.79 Å². The van der Waals surface area contributed by atoms with E-state index in [0.29, 0.717) is 6.42 Å². The Morgan fingerprint density at radius 1 is 1.53 bits per heavy atom. The van der Waals surface area contributed by atoms with Crippen molar-refractivity contribution in [2.24, 2.45) is 5.73 Å². The number of hydrogen-bond acceptors (Lipinski definition) is 3. The monoisotopic (exact) mass is 236 g/mol. The largest absolute Gasteiger partial charge is 0.496 e. The second-order valence-electron chi connectivity index (χ2n) is 4.07. The lowest BCUT2D eigenvalue weighted by molar-refractivity contribution is -0.117. The van der Waals surface area contributed by atoms with E-state index in [1.54, 1.807) is 7.11 Å². The van der Waals surface area contributed by atoms with Gasteiger partial charge in [-0.1, -0.05) is 13.3 Å². The molecule has 0 fully saturated rings. The molecule has 0 saturated carbocycles. The topological polar surface area (TPSA) is 64.4 Å². The molecule has 94 valence electrons. The first-order valence-electron chi connectivity index (χ1n) is 5.79. The highest BCUT2D eigenvalue weighted by atomic mass is 16.5. The van der Waals surface area contributed by atoms with Gasteiger partial charge in [-0.15, -0.1) is 0 Å². The molecule has 1 aromatic rings. The van der Waals surface area contributed by atoms with E-state index in [2.05, 4.69) is 5.32 Å². The summed E-state index contributed by atoms with van der Waals surface area (Å²) in [5.74, 6) is 0.664. The van der Waals surface area contributed by atoms with Crippen LogP contribution < -0.4 is 15.8 Å². The van der Waals surface area contributed by atoms with Crippen LogP contribution in [-0.4, -0.2) is 19.1 Å². The lowest BCUT2D eigenvalue weighted by Gasteiger charge is -2.12. The van der Waals surface area contributed by atoms with Crippen molar-refractivity contribution in [2.45, 2.75) is 32.7 Å². The van der Waals surface area contributed by atoms with Crippen molar-refractivity contribution in [3.8, 4) is 5.75 Å². The smallest absolute Gasteiger partial charge is 0.241 e. The van der Waals surface area contributed by atoms with E-state index in [1.807, 2.05) is 32.0 Å². The average Bonchev–Trinajstić information content (AvgIpc) is 2.29. The molecule has 0 saturated heterocycles. The van der Waals surface area contributed by atoms with Crippen LogP contribution in [0.15, 0.2) is 18.2 Å². The van der Waals surface area contributed by atoms with Crippen molar-refractivity contribution in [1.82, 2.24) is 0 Å². The summed E-state index contributed by atoms with van der Waals surface area (Å²) in [6, 6.07) is 5.07. The molecule has 0 heterocycles. The Morgan fingerprint density at radius 3 is 2.76 bits per heavy atom. The summed E-state index contributed by atoms with van der Waals surface area (Å²) < 4.78 is 5.15. The van der Waals surface area contributed by atoms with E-state index < -0.39 is 6.04 Å². The molecule has 0 aromatic heterocycles. The van der Waals surface area contributed by atoms with Crippen LogP contribution in [0.3, 0.4) is 0 Å². The summed E-state index contributed by atoms with van der Waals surface area (Å²) >= 11 is 0. The maximum absolute atomic E-state index is 11.7. The zero-order valence-corrected chi connectivity index (χ0v) is 10.6. The molecule has 4 nitrogen and oxygen atoms in total. The fourth-order valence-corrected chi connectivity index (χ4v) is 1.63. The maximum atomic E-state index is 11.7. The van der Waals surface area contributed by atoms with E-state index in [-0.39, 0.29) is 5.91 Å². The number of ether oxygens (including phenoxy) is 1. The quantitative estimate of drug-likeness (QED) is 0.822. The van der Waals surface area contributed by atoms with E-state index in [4.69, 9.17) is 10.5 Å². The standard InChI is InChI=1S/C13H20N2O2/c1-4-5-11(14)13(16)15-10-6-7-12(17-3)9(2)8-10/h6-8,11H,4-5,14H2,1-3H3,(H,15,16)/t11-/m0/s1. The van der Waals surface area contributed by atoms with Gasteiger partial charge in [-0.25, -0.2) is 0 Å². The van der Waals surface area contributed by atoms with Crippen LogP contribution >= 0.6 is 0 Å². The van der Waals surface area contributed by atoms with Crippen molar-refractivity contribution in [3.63, 3.8) is 0 Å². The Kier molecular flexibility index (Phi) is 4.97. The average molecular weight is 236 g/mol. The molecule has 0 aliphatic heterocycles. The highest BCUT2D eigenvalue weighted by molar-refractivity contribution is 5.94. The molecule has 0 radical (unpaired) electrons. The fraction of sp³-hybridized carbons (Fsp3) is 0.462. The number of nitrogens with two attached hydrogens (primary N) is 1. The third-order valence-electron chi connectivity index (χ3n) is 2.60. The Balaban J connectivity index is 2.69. The molecule has 4 heteroatoms. The van der Waals surface area contributed by atoms with Crippen molar-refractivity contribution >= 4 is 11.6 Å². The number of benzene rings is 1. The summed E-state index contributed by atoms with van der Waals surface area (Å²) in [4.78, 5) is 11.7. The third kappa shape index (κ3) is 3.75. The first-order chi connectivity index (χ1) is 8.08. The zero-order chi connectivity index (χ0) is 12.8. The normalized spacial score (nSPS) is 12.0. The number of nitrogens with one attached hydrogen (secondary N) is 1. The second kappa shape index (κ2) is 6.25. The molecule has 0 unspecified atom stereocenters. The summed E-state index contributed by atoms with van der Waals surface area (Å²) in [6.45, 7) is 3.94. The fourth-order valence-electron chi connectivity index (χ4n) is 1.63. The molecule has 1 aromatic carbocycles. The van der Waals surface area contributed by atoms with Crippen LogP contribution in [0.1, 0.15) is 25.3 Å². The van der Waals surface area contributed by atoms with Gasteiger partial charge in [0.2, 0.25) is 5.91 Å². The number of carbonyl (C=O) groups is 1. The number of methoxy groups -OCH3 is 1. The highest BCUT2D eigenvalue weighted by Crippen LogP contribution is 2.21.